The highest BCUT2D eigenvalue weighted by Gasteiger charge is 2.25. The highest BCUT2D eigenvalue weighted by atomic mass is 16.5. The van der Waals surface area contributed by atoms with Gasteiger partial charge in [-0.2, -0.15) is 0 Å². The van der Waals surface area contributed by atoms with Crippen molar-refractivity contribution in [2.75, 3.05) is 14.2 Å². The Balaban J connectivity index is 3.15. The largest absolute Gasteiger partial charge is 0.463 e. The minimum absolute atomic E-state index is 0.144. The summed E-state index contributed by atoms with van der Waals surface area (Å²) in [5.74, 6) is 0.511. The molecule has 0 aliphatic heterocycles. The fourth-order valence-corrected chi connectivity index (χ4v) is 1.33. The Kier molecular flexibility index (Phi) is 3.75. The number of carbonyl (C=O) groups excluding carboxylic acids is 1. The lowest BCUT2D eigenvalue weighted by Crippen LogP contribution is -2.09. The number of hydrogen-bond donors (Lipinski definition) is 0. The van der Waals surface area contributed by atoms with Crippen molar-refractivity contribution in [2.24, 2.45) is 0 Å². The van der Waals surface area contributed by atoms with Crippen LogP contribution in [-0.4, -0.2) is 20.2 Å². The van der Waals surface area contributed by atoms with Crippen molar-refractivity contribution in [3.05, 3.63) is 23.2 Å². The zero-order valence-electron chi connectivity index (χ0n) is 10.4. The van der Waals surface area contributed by atoms with Crippen LogP contribution in [0.3, 0.4) is 0 Å². The number of esters is 1. The van der Waals surface area contributed by atoms with Crippen LogP contribution in [0.15, 0.2) is 10.5 Å². The average molecular weight is 226 g/mol. The Morgan fingerprint density at radius 3 is 2.44 bits per heavy atom. The van der Waals surface area contributed by atoms with Gasteiger partial charge in [0.1, 0.15) is 5.76 Å². The molecule has 0 aliphatic rings. The van der Waals surface area contributed by atoms with Crippen LogP contribution >= 0.6 is 0 Å². The van der Waals surface area contributed by atoms with Crippen LogP contribution in [-0.2, 0) is 21.5 Å². The lowest BCUT2D eigenvalue weighted by Gasteiger charge is -2.13. The third-order valence-corrected chi connectivity index (χ3v) is 2.22. The van der Waals surface area contributed by atoms with Crippen molar-refractivity contribution >= 4 is 5.97 Å². The molecule has 0 fully saturated rings. The van der Waals surface area contributed by atoms with Gasteiger partial charge in [0, 0.05) is 18.1 Å². The molecule has 4 heteroatoms. The maximum Gasteiger partial charge on any atom is 0.374 e. The summed E-state index contributed by atoms with van der Waals surface area (Å²) in [5, 5.41) is 0. The Labute approximate surface area is 95.5 Å². The standard InChI is InChI=1S/C12H18O4/c1-12(2,3)9-6-8(7-14-4)10(16-9)11(13)15-5/h6H,7H2,1-5H3. The molecule has 16 heavy (non-hydrogen) atoms. The van der Waals surface area contributed by atoms with Gasteiger partial charge in [0.15, 0.2) is 0 Å². The molecule has 1 aromatic heterocycles. The molecular formula is C12H18O4. The second kappa shape index (κ2) is 4.70. The summed E-state index contributed by atoms with van der Waals surface area (Å²) in [6.45, 7) is 6.39. The van der Waals surface area contributed by atoms with Gasteiger partial charge < -0.3 is 13.9 Å². The molecule has 0 amide bonds. The quantitative estimate of drug-likeness (QED) is 0.743. The molecule has 0 N–H and O–H groups in total. The molecule has 0 unspecified atom stereocenters. The summed E-state index contributed by atoms with van der Waals surface area (Å²) in [6, 6.07) is 1.84. The van der Waals surface area contributed by atoms with Crippen LogP contribution in [0.1, 0.15) is 42.6 Å². The van der Waals surface area contributed by atoms with Crippen molar-refractivity contribution in [3.8, 4) is 0 Å². The normalized spacial score (nSPS) is 11.6. The van der Waals surface area contributed by atoms with E-state index in [-0.39, 0.29) is 11.2 Å². The van der Waals surface area contributed by atoms with E-state index >= 15 is 0 Å². The maximum absolute atomic E-state index is 11.5. The summed E-state index contributed by atoms with van der Waals surface area (Å²) in [6.07, 6.45) is 0. The summed E-state index contributed by atoms with van der Waals surface area (Å²) >= 11 is 0. The maximum atomic E-state index is 11.5. The van der Waals surface area contributed by atoms with Crippen LogP contribution in [0, 0.1) is 0 Å². The molecular weight excluding hydrogens is 208 g/mol. The van der Waals surface area contributed by atoms with E-state index in [0.29, 0.717) is 6.61 Å². The molecule has 0 radical (unpaired) electrons. The van der Waals surface area contributed by atoms with E-state index in [1.54, 1.807) is 7.11 Å². The average Bonchev–Trinajstić information content (AvgIpc) is 2.61. The van der Waals surface area contributed by atoms with Crippen LogP contribution in [0.2, 0.25) is 0 Å². The molecule has 0 aromatic carbocycles. The minimum Gasteiger partial charge on any atom is -0.463 e. The minimum atomic E-state index is -0.470. The molecule has 0 atom stereocenters. The summed E-state index contributed by atoms with van der Waals surface area (Å²) < 4.78 is 15.2. The molecule has 0 saturated heterocycles. The van der Waals surface area contributed by atoms with Gasteiger partial charge in [-0.25, -0.2) is 4.79 Å². The highest BCUT2D eigenvalue weighted by molar-refractivity contribution is 5.88. The van der Waals surface area contributed by atoms with Crippen molar-refractivity contribution in [2.45, 2.75) is 32.8 Å². The Morgan fingerprint density at radius 2 is 2.00 bits per heavy atom. The first kappa shape index (κ1) is 12.8. The molecule has 4 nitrogen and oxygen atoms in total. The van der Waals surface area contributed by atoms with Gasteiger partial charge in [-0.3, -0.25) is 0 Å². The van der Waals surface area contributed by atoms with Crippen molar-refractivity contribution in [1.82, 2.24) is 0 Å². The van der Waals surface area contributed by atoms with E-state index in [2.05, 4.69) is 4.74 Å². The first-order chi connectivity index (χ1) is 7.40. The van der Waals surface area contributed by atoms with Gasteiger partial charge in [0.25, 0.3) is 0 Å². The molecule has 0 saturated carbocycles. The highest BCUT2D eigenvalue weighted by Crippen LogP contribution is 2.28. The van der Waals surface area contributed by atoms with Crippen LogP contribution in [0.5, 0.6) is 0 Å². The van der Waals surface area contributed by atoms with E-state index in [0.717, 1.165) is 11.3 Å². The summed E-state index contributed by atoms with van der Waals surface area (Å²) in [7, 11) is 2.91. The Morgan fingerprint density at radius 1 is 1.38 bits per heavy atom. The molecule has 1 rings (SSSR count). The predicted molar refractivity (Wildman–Crippen MR) is 59.5 cm³/mol. The number of ether oxygens (including phenoxy) is 2. The summed E-state index contributed by atoms with van der Waals surface area (Å²) in [4.78, 5) is 11.5. The zero-order chi connectivity index (χ0) is 12.3. The number of methoxy groups -OCH3 is 2. The first-order valence-corrected chi connectivity index (χ1v) is 5.10. The molecule has 1 heterocycles. The van der Waals surface area contributed by atoms with E-state index in [1.165, 1.54) is 7.11 Å². The third kappa shape index (κ3) is 2.64. The van der Waals surface area contributed by atoms with Crippen LogP contribution < -0.4 is 0 Å². The second-order valence-corrected chi connectivity index (χ2v) is 4.64. The number of hydrogen-bond acceptors (Lipinski definition) is 4. The van der Waals surface area contributed by atoms with E-state index in [4.69, 9.17) is 9.15 Å². The van der Waals surface area contributed by atoms with Gasteiger partial charge in [-0.15, -0.1) is 0 Å². The predicted octanol–water partition coefficient (Wildman–Crippen LogP) is 2.51. The lowest BCUT2D eigenvalue weighted by atomic mass is 9.93. The van der Waals surface area contributed by atoms with Crippen molar-refractivity contribution < 1.29 is 18.7 Å². The summed E-state index contributed by atoms with van der Waals surface area (Å²) in [5.41, 5.74) is 0.577. The fourth-order valence-electron chi connectivity index (χ4n) is 1.33. The fraction of sp³-hybridized carbons (Fsp3) is 0.583. The monoisotopic (exact) mass is 226 g/mol. The van der Waals surface area contributed by atoms with Gasteiger partial charge in [-0.05, 0) is 6.07 Å². The lowest BCUT2D eigenvalue weighted by molar-refractivity contribution is 0.0555. The van der Waals surface area contributed by atoms with Gasteiger partial charge in [0.05, 0.1) is 13.7 Å². The van der Waals surface area contributed by atoms with Crippen LogP contribution in [0.25, 0.3) is 0 Å². The SMILES string of the molecule is COCc1cc(C(C)(C)C)oc1C(=O)OC. The molecule has 90 valence electrons. The first-order valence-electron chi connectivity index (χ1n) is 5.10. The smallest absolute Gasteiger partial charge is 0.374 e. The van der Waals surface area contributed by atoms with Crippen molar-refractivity contribution in [3.63, 3.8) is 0 Å². The van der Waals surface area contributed by atoms with E-state index < -0.39 is 5.97 Å². The number of furan rings is 1. The topological polar surface area (TPSA) is 48.7 Å². The van der Waals surface area contributed by atoms with Crippen LogP contribution in [0.4, 0.5) is 0 Å². The number of rotatable bonds is 3. The van der Waals surface area contributed by atoms with E-state index in [9.17, 15) is 4.79 Å². The van der Waals surface area contributed by atoms with Gasteiger partial charge >= 0.3 is 5.97 Å². The van der Waals surface area contributed by atoms with E-state index in [1.807, 2.05) is 26.8 Å². The third-order valence-electron chi connectivity index (χ3n) is 2.22. The number of carbonyl (C=O) groups is 1. The molecule has 0 bridgehead atoms. The van der Waals surface area contributed by atoms with Crippen molar-refractivity contribution in [1.29, 1.82) is 0 Å². The second-order valence-electron chi connectivity index (χ2n) is 4.64. The van der Waals surface area contributed by atoms with Gasteiger partial charge in [-0.1, -0.05) is 20.8 Å². The Bertz CT molecular complexity index is 371. The molecule has 1 aromatic rings. The molecule has 0 aliphatic carbocycles. The molecule has 0 spiro atoms. The van der Waals surface area contributed by atoms with Gasteiger partial charge in [0.2, 0.25) is 5.76 Å². The zero-order valence-corrected chi connectivity index (χ0v) is 10.4. The Hall–Kier alpha value is -1.29.